The lowest BCUT2D eigenvalue weighted by Gasteiger charge is -2.11. The lowest BCUT2D eigenvalue weighted by atomic mass is 9.96. The Morgan fingerprint density at radius 3 is 2.70 bits per heavy atom. The molecule has 1 aromatic carbocycles. The molecule has 1 aliphatic heterocycles. The maximum atomic E-state index is 12.2. The van der Waals surface area contributed by atoms with E-state index in [-0.39, 0.29) is 18.2 Å². The lowest BCUT2D eigenvalue weighted by molar-refractivity contribution is -0.137. The van der Waals surface area contributed by atoms with Crippen LogP contribution in [0, 0.1) is 0 Å². The molecule has 1 fully saturated rings. The van der Waals surface area contributed by atoms with E-state index in [9.17, 15) is 9.59 Å². The third-order valence-corrected chi connectivity index (χ3v) is 3.67. The minimum atomic E-state index is -0.486. The molecule has 1 saturated heterocycles. The molecule has 23 heavy (non-hydrogen) atoms. The average Bonchev–Trinajstić information content (AvgIpc) is 2.83. The summed E-state index contributed by atoms with van der Waals surface area (Å²) in [4.78, 5) is 25.1. The largest absolute Gasteiger partial charge is 0.285 e. The standard InChI is InChI=1S/C18H19N3O2/c1-4-6-9-13(5-2)19-20-16-11-8-7-10-14(16)15-12-17(22)21(3)18(15)23/h4-11,15H,1,12H2,2-3H3/b9-6-,13-5+,20-19?. The highest BCUT2D eigenvalue weighted by Crippen LogP contribution is 2.35. The van der Waals surface area contributed by atoms with Gasteiger partial charge >= 0.3 is 0 Å². The maximum absolute atomic E-state index is 12.2. The maximum Gasteiger partial charge on any atom is 0.237 e. The fraction of sp³-hybridized carbons (Fsp3) is 0.222. The molecule has 0 spiro atoms. The van der Waals surface area contributed by atoms with Gasteiger partial charge in [-0.3, -0.25) is 14.5 Å². The van der Waals surface area contributed by atoms with Crippen molar-refractivity contribution in [3.63, 3.8) is 0 Å². The van der Waals surface area contributed by atoms with Crippen molar-refractivity contribution in [2.75, 3.05) is 7.05 Å². The molecule has 1 aromatic rings. The van der Waals surface area contributed by atoms with Crippen molar-refractivity contribution in [2.24, 2.45) is 10.2 Å². The van der Waals surface area contributed by atoms with Crippen LogP contribution in [0.15, 0.2) is 71.1 Å². The zero-order valence-corrected chi connectivity index (χ0v) is 13.3. The molecule has 0 aliphatic carbocycles. The Balaban J connectivity index is 2.32. The number of amides is 2. The van der Waals surface area contributed by atoms with Crippen LogP contribution in [0.2, 0.25) is 0 Å². The zero-order chi connectivity index (χ0) is 16.8. The van der Waals surface area contributed by atoms with Crippen LogP contribution >= 0.6 is 0 Å². The van der Waals surface area contributed by atoms with E-state index < -0.39 is 5.92 Å². The summed E-state index contributed by atoms with van der Waals surface area (Å²) >= 11 is 0. The molecular formula is C18H19N3O2. The van der Waals surface area contributed by atoms with E-state index in [0.29, 0.717) is 11.4 Å². The quantitative estimate of drug-likeness (QED) is 0.470. The van der Waals surface area contributed by atoms with Gasteiger partial charge in [-0.25, -0.2) is 0 Å². The molecule has 0 aromatic heterocycles. The van der Waals surface area contributed by atoms with Crippen molar-refractivity contribution < 1.29 is 9.59 Å². The summed E-state index contributed by atoms with van der Waals surface area (Å²) in [5.74, 6) is -0.856. The van der Waals surface area contributed by atoms with Crippen molar-refractivity contribution in [3.8, 4) is 0 Å². The fourth-order valence-corrected chi connectivity index (χ4v) is 2.34. The Hall–Kier alpha value is -2.82. The van der Waals surface area contributed by atoms with E-state index >= 15 is 0 Å². The van der Waals surface area contributed by atoms with E-state index in [0.717, 1.165) is 5.56 Å². The number of imide groups is 1. The topological polar surface area (TPSA) is 62.1 Å². The fourth-order valence-electron chi connectivity index (χ4n) is 2.34. The minimum Gasteiger partial charge on any atom is -0.285 e. The smallest absolute Gasteiger partial charge is 0.237 e. The second-order valence-electron chi connectivity index (χ2n) is 5.11. The third kappa shape index (κ3) is 3.69. The average molecular weight is 309 g/mol. The molecule has 0 N–H and O–H groups in total. The number of likely N-dealkylation sites (tertiary alicyclic amines) is 1. The molecule has 5 heteroatoms. The molecule has 0 bridgehead atoms. The van der Waals surface area contributed by atoms with E-state index in [2.05, 4.69) is 16.8 Å². The first-order valence-corrected chi connectivity index (χ1v) is 7.35. The first-order chi connectivity index (χ1) is 11.1. The summed E-state index contributed by atoms with van der Waals surface area (Å²) in [7, 11) is 1.51. The second-order valence-corrected chi connectivity index (χ2v) is 5.11. The normalized spacial score (nSPS) is 19.3. The van der Waals surface area contributed by atoms with Crippen LogP contribution in [-0.2, 0) is 9.59 Å². The highest BCUT2D eigenvalue weighted by atomic mass is 16.2. The van der Waals surface area contributed by atoms with E-state index in [4.69, 9.17) is 0 Å². The van der Waals surface area contributed by atoms with E-state index in [1.807, 2.05) is 31.2 Å². The Kier molecular flexibility index (Phi) is 5.36. The van der Waals surface area contributed by atoms with Crippen LogP contribution in [0.1, 0.15) is 24.8 Å². The van der Waals surface area contributed by atoms with Gasteiger partial charge in [-0.15, -0.1) is 0 Å². The van der Waals surface area contributed by atoms with Gasteiger partial charge in [0, 0.05) is 13.5 Å². The van der Waals surface area contributed by atoms with Crippen LogP contribution in [0.5, 0.6) is 0 Å². The molecule has 1 aliphatic rings. The van der Waals surface area contributed by atoms with Crippen LogP contribution in [0.25, 0.3) is 0 Å². The van der Waals surface area contributed by atoms with Crippen molar-refractivity contribution in [2.45, 2.75) is 19.3 Å². The van der Waals surface area contributed by atoms with Crippen molar-refractivity contribution in [1.29, 1.82) is 0 Å². The summed E-state index contributed by atoms with van der Waals surface area (Å²) in [5.41, 5.74) is 2.01. The molecule has 1 unspecified atom stereocenters. The van der Waals surface area contributed by atoms with Crippen molar-refractivity contribution >= 4 is 17.5 Å². The van der Waals surface area contributed by atoms with Gasteiger partial charge in [0.15, 0.2) is 0 Å². The highest BCUT2D eigenvalue weighted by Gasteiger charge is 2.38. The number of rotatable bonds is 5. The number of benzene rings is 1. The van der Waals surface area contributed by atoms with Gasteiger partial charge < -0.3 is 0 Å². The van der Waals surface area contributed by atoms with Crippen molar-refractivity contribution in [1.82, 2.24) is 4.90 Å². The summed E-state index contributed by atoms with van der Waals surface area (Å²) in [6, 6.07) is 7.27. The third-order valence-electron chi connectivity index (χ3n) is 3.67. The van der Waals surface area contributed by atoms with Gasteiger partial charge in [0.25, 0.3) is 0 Å². The molecular weight excluding hydrogens is 290 g/mol. The van der Waals surface area contributed by atoms with Gasteiger partial charge in [0.05, 0.1) is 17.3 Å². The van der Waals surface area contributed by atoms with Crippen LogP contribution in [0.3, 0.4) is 0 Å². The Bertz CT molecular complexity index is 717. The molecule has 118 valence electrons. The monoisotopic (exact) mass is 309 g/mol. The Morgan fingerprint density at radius 1 is 1.35 bits per heavy atom. The number of likely N-dealkylation sites (N-methyl/N-ethyl adjacent to an activating group) is 1. The minimum absolute atomic E-state index is 0.171. The number of hydrogen-bond donors (Lipinski definition) is 0. The van der Waals surface area contributed by atoms with Gasteiger partial charge in [-0.1, -0.05) is 43.0 Å². The first-order valence-electron chi connectivity index (χ1n) is 7.35. The molecule has 0 saturated carbocycles. The lowest BCUT2D eigenvalue weighted by Crippen LogP contribution is -2.25. The number of azo groups is 1. The van der Waals surface area contributed by atoms with Gasteiger partial charge in [0.1, 0.15) is 0 Å². The van der Waals surface area contributed by atoms with Crippen LogP contribution in [-0.4, -0.2) is 23.8 Å². The summed E-state index contributed by atoms with van der Waals surface area (Å²) in [6.45, 7) is 5.48. The summed E-state index contributed by atoms with van der Waals surface area (Å²) < 4.78 is 0. The number of carbonyl (C=O) groups is 2. The molecule has 1 atom stereocenters. The number of carbonyl (C=O) groups excluding carboxylic acids is 2. The summed E-state index contributed by atoms with van der Waals surface area (Å²) in [6.07, 6.45) is 7.22. The molecule has 0 radical (unpaired) electrons. The van der Waals surface area contributed by atoms with Crippen LogP contribution < -0.4 is 0 Å². The van der Waals surface area contributed by atoms with Crippen LogP contribution in [0.4, 0.5) is 5.69 Å². The van der Waals surface area contributed by atoms with Gasteiger partial charge in [-0.2, -0.15) is 10.2 Å². The Morgan fingerprint density at radius 2 is 2.09 bits per heavy atom. The predicted molar refractivity (Wildman–Crippen MR) is 89.2 cm³/mol. The highest BCUT2D eigenvalue weighted by molar-refractivity contribution is 6.06. The molecule has 1 heterocycles. The molecule has 2 rings (SSSR count). The number of hydrogen-bond acceptors (Lipinski definition) is 4. The van der Waals surface area contributed by atoms with Gasteiger partial charge in [0.2, 0.25) is 11.8 Å². The predicted octanol–water partition coefficient (Wildman–Crippen LogP) is 3.89. The van der Waals surface area contributed by atoms with E-state index in [1.54, 1.807) is 24.3 Å². The molecule has 5 nitrogen and oxygen atoms in total. The second kappa shape index (κ2) is 7.45. The Labute approximate surface area is 135 Å². The SMILES string of the molecule is C=C/C=C\C(=C/C)N=Nc1ccccc1C1CC(=O)N(C)C1=O. The van der Waals surface area contributed by atoms with Gasteiger partial charge in [-0.05, 0) is 24.6 Å². The molecule has 2 amide bonds. The zero-order valence-electron chi connectivity index (χ0n) is 13.3. The number of nitrogens with zero attached hydrogens (tertiary/aromatic N) is 3. The van der Waals surface area contributed by atoms with E-state index in [1.165, 1.54) is 11.9 Å². The number of allylic oxidation sites excluding steroid dienone is 4. The first kappa shape index (κ1) is 16.5. The summed E-state index contributed by atoms with van der Waals surface area (Å²) in [5, 5.41) is 8.44. The van der Waals surface area contributed by atoms with Crippen molar-refractivity contribution in [3.05, 3.63) is 66.4 Å².